The Kier molecular flexibility index (Phi) is 4.63. The van der Waals surface area contributed by atoms with E-state index in [2.05, 4.69) is 23.5 Å². The molecule has 5 heteroatoms. The molecule has 3 N–H and O–H groups in total. The average Bonchev–Trinajstić information content (AvgIpc) is 2.94. The Balaban J connectivity index is 1.42. The summed E-state index contributed by atoms with van der Waals surface area (Å²) in [5.41, 5.74) is 7.96. The first-order chi connectivity index (χ1) is 10.8. The number of ether oxygens (including phenoxy) is 2. The van der Waals surface area contributed by atoms with E-state index >= 15 is 0 Å². The van der Waals surface area contributed by atoms with Crippen LogP contribution in [0.25, 0.3) is 0 Å². The van der Waals surface area contributed by atoms with Crippen molar-refractivity contribution in [3.05, 3.63) is 41.5 Å². The molecule has 1 fully saturated rings. The summed E-state index contributed by atoms with van der Waals surface area (Å²) in [5, 5.41) is 2.89. The maximum Gasteiger partial charge on any atom is 0.407 e. The van der Waals surface area contributed by atoms with Crippen LogP contribution in [0.5, 0.6) is 5.75 Å². The zero-order valence-corrected chi connectivity index (χ0v) is 12.6. The van der Waals surface area contributed by atoms with Crippen molar-refractivity contribution in [3.8, 4) is 5.75 Å². The molecule has 3 rings (SSSR count). The quantitative estimate of drug-likeness (QED) is 0.817. The van der Waals surface area contributed by atoms with Gasteiger partial charge in [-0.3, -0.25) is 0 Å². The van der Waals surface area contributed by atoms with Gasteiger partial charge in [0.25, 0.3) is 0 Å². The number of nitrogens with two attached hydrogens (primary N) is 1. The normalized spacial score (nSPS) is 22.8. The summed E-state index contributed by atoms with van der Waals surface area (Å²) in [4.78, 5) is 11.6. The van der Waals surface area contributed by atoms with Crippen molar-refractivity contribution >= 4 is 6.09 Å². The van der Waals surface area contributed by atoms with Crippen LogP contribution in [0.1, 0.15) is 29.9 Å². The molecule has 0 saturated heterocycles. The van der Waals surface area contributed by atoms with Gasteiger partial charge in [0.15, 0.2) is 0 Å². The smallest absolute Gasteiger partial charge is 0.407 e. The van der Waals surface area contributed by atoms with Crippen LogP contribution >= 0.6 is 0 Å². The molecule has 1 aliphatic carbocycles. The van der Waals surface area contributed by atoms with E-state index in [-0.39, 0.29) is 18.7 Å². The van der Waals surface area contributed by atoms with Gasteiger partial charge in [-0.25, -0.2) is 4.79 Å². The minimum Gasteiger partial charge on any atom is -0.493 e. The highest BCUT2D eigenvalue weighted by atomic mass is 16.5. The molecule has 1 amide bonds. The summed E-state index contributed by atoms with van der Waals surface area (Å²) in [6.45, 7) is 1.52. The second-order valence-electron chi connectivity index (χ2n) is 5.78. The van der Waals surface area contributed by atoms with Gasteiger partial charge in [0, 0.05) is 19.0 Å². The lowest BCUT2D eigenvalue weighted by Crippen LogP contribution is -2.43. The molecule has 1 aliphatic heterocycles. The summed E-state index contributed by atoms with van der Waals surface area (Å²) >= 11 is 0. The standard InChI is InChI=1S/C17H22N2O3/c18-6-1-2-7-22-17(20)19-15-10-14(11-15)12-3-4-16-13(9-12)5-8-21-16/h1-4,9,14-15H,5-8,10-11,18H2,(H,19,20)/b2-1+. The maximum atomic E-state index is 11.6. The van der Waals surface area contributed by atoms with Gasteiger partial charge >= 0.3 is 6.09 Å². The molecule has 5 nitrogen and oxygen atoms in total. The third kappa shape index (κ3) is 3.42. The summed E-state index contributed by atoms with van der Waals surface area (Å²) in [7, 11) is 0. The molecule has 1 aromatic rings. The number of fused-ring (bicyclic) bond motifs is 1. The Bertz CT molecular complexity index is 565. The number of hydrogen-bond acceptors (Lipinski definition) is 4. The van der Waals surface area contributed by atoms with E-state index in [4.69, 9.17) is 15.2 Å². The topological polar surface area (TPSA) is 73.6 Å². The van der Waals surface area contributed by atoms with E-state index < -0.39 is 0 Å². The van der Waals surface area contributed by atoms with Crippen LogP contribution in [0.2, 0.25) is 0 Å². The lowest BCUT2D eigenvalue weighted by atomic mass is 9.75. The molecule has 0 bridgehead atoms. The van der Waals surface area contributed by atoms with E-state index in [1.807, 2.05) is 0 Å². The lowest BCUT2D eigenvalue weighted by Gasteiger charge is -2.36. The second-order valence-corrected chi connectivity index (χ2v) is 5.78. The van der Waals surface area contributed by atoms with E-state index in [1.165, 1.54) is 11.1 Å². The summed E-state index contributed by atoms with van der Waals surface area (Å²) in [6.07, 6.45) is 6.09. The lowest BCUT2D eigenvalue weighted by molar-refractivity contribution is 0.144. The summed E-state index contributed by atoms with van der Waals surface area (Å²) < 4.78 is 10.6. The first-order valence-electron chi connectivity index (χ1n) is 7.80. The van der Waals surface area contributed by atoms with Crippen LogP contribution in [0.3, 0.4) is 0 Å². The van der Waals surface area contributed by atoms with Crippen molar-refractivity contribution in [1.29, 1.82) is 0 Å². The van der Waals surface area contributed by atoms with Gasteiger partial charge in [-0.2, -0.15) is 0 Å². The largest absolute Gasteiger partial charge is 0.493 e. The van der Waals surface area contributed by atoms with Gasteiger partial charge in [0.05, 0.1) is 6.61 Å². The number of rotatable bonds is 5. The Morgan fingerprint density at radius 2 is 2.27 bits per heavy atom. The molecule has 1 heterocycles. The van der Waals surface area contributed by atoms with Crippen LogP contribution in [0.4, 0.5) is 4.79 Å². The van der Waals surface area contributed by atoms with Gasteiger partial charge in [-0.15, -0.1) is 0 Å². The number of hydrogen-bond donors (Lipinski definition) is 2. The molecule has 0 spiro atoms. The van der Waals surface area contributed by atoms with E-state index in [9.17, 15) is 4.79 Å². The number of amides is 1. The Hall–Kier alpha value is -2.01. The first-order valence-corrected chi connectivity index (χ1v) is 7.80. The predicted octanol–water partition coefficient (Wildman–Crippen LogP) is 2.11. The van der Waals surface area contributed by atoms with Gasteiger partial charge in [0.1, 0.15) is 12.4 Å². The van der Waals surface area contributed by atoms with Crippen LogP contribution in [-0.2, 0) is 11.2 Å². The second kappa shape index (κ2) is 6.83. The van der Waals surface area contributed by atoms with Crippen molar-refractivity contribution in [2.45, 2.75) is 31.2 Å². The molecular formula is C17H22N2O3. The third-order valence-electron chi connectivity index (χ3n) is 4.26. The van der Waals surface area contributed by atoms with Crippen LogP contribution in [0.15, 0.2) is 30.4 Å². The summed E-state index contributed by atoms with van der Waals surface area (Å²) in [5.74, 6) is 1.54. The first kappa shape index (κ1) is 14.9. The Labute approximate surface area is 130 Å². The Morgan fingerprint density at radius 1 is 1.41 bits per heavy atom. The fourth-order valence-corrected chi connectivity index (χ4v) is 2.96. The van der Waals surface area contributed by atoms with E-state index in [0.29, 0.717) is 12.5 Å². The fourth-order valence-electron chi connectivity index (χ4n) is 2.96. The van der Waals surface area contributed by atoms with Crippen LogP contribution < -0.4 is 15.8 Å². The summed E-state index contributed by atoms with van der Waals surface area (Å²) in [6, 6.07) is 6.66. The van der Waals surface area contributed by atoms with Gasteiger partial charge in [0.2, 0.25) is 0 Å². The van der Waals surface area contributed by atoms with Crippen molar-refractivity contribution < 1.29 is 14.3 Å². The number of carbonyl (C=O) groups is 1. The SMILES string of the molecule is NC/C=C/COC(=O)NC1CC(c2ccc3c(c2)CCO3)C1. The molecule has 0 atom stereocenters. The van der Waals surface area contributed by atoms with Gasteiger partial charge < -0.3 is 20.5 Å². The minimum atomic E-state index is -0.354. The number of alkyl carbamates (subject to hydrolysis) is 1. The monoisotopic (exact) mass is 302 g/mol. The van der Waals surface area contributed by atoms with Crippen LogP contribution in [-0.4, -0.2) is 31.9 Å². The number of carbonyl (C=O) groups excluding carboxylic acids is 1. The van der Waals surface area contributed by atoms with Crippen LogP contribution in [0, 0.1) is 0 Å². The van der Waals surface area contributed by atoms with Crippen molar-refractivity contribution in [2.24, 2.45) is 5.73 Å². The molecule has 0 unspecified atom stereocenters. The minimum absolute atomic E-state index is 0.209. The van der Waals surface area contributed by atoms with Crippen molar-refractivity contribution in [3.63, 3.8) is 0 Å². The highest BCUT2D eigenvalue weighted by molar-refractivity contribution is 5.68. The maximum absolute atomic E-state index is 11.6. The fraction of sp³-hybridized carbons (Fsp3) is 0.471. The van der Waals surface area contributed by atoms with Gasteiger partial charge in [-0.1, -0.05) is 18.2 Å². The van der Waals surface area contributed by atoms with Crippen molar-refractivity contribution in [1.82, 2.24) is 5.32 Å². The highest BCUT2D eigenvalue weighted by Crippen LogP contribution is 2.39. The van der Waals surface area contributed by atoms with Crippen molar-refractivity contribution in [2.75, 3.05) is 19.8 Å². The molecule has 2 aliphatic rings. The Morgan fingerprint density at radius 3 is 3.09 bits per heavy atom. The zero-order chi connectivity index (χ0) is 15.4. The average molecular weight is 302 g/mol. The zero-order valence-electron chi connectivity index (χ0n) is 12.6. The molecule has 0 radical (unpaired) electrons. The third-order valence-corrected chi connectivity index (χ3v) is 4.26. The highest BCUT2D eigenvalue weighted by Gasteiger charge is 2.32. The number of benzene rings is 1. The van der Waals surface area contributed by atoms with Gasteiger partial charge in [-0.05, 0) is 42.0 Å². The molecule has 0 aromatic heterocycles. The molecule has 1 aromatic carbocycles. The molecular weight excluding hydrogens is 280 g/mol. The van der Waals surface area contributed by atoms with E-state index in [0.717, 1.165) is 31.6 Å². The molecule has 118 valence electrons. The predicted molar refractivity (Wildman–Crippen MR) is 84.1 cm³/mol. The number of nitrogens with one attached hydrogen (secondary N) is 1. The van der Waals surface area contributed by atoms with E-state index in [1.54, 1.807) is 12.2 Å². The molecule has 22 heavy (non-hydrogen) atoms. The molecule has 1 saturated carbocycles.